The number of piperazine rings is 1. The van der Waals surface area contributed by atoms with Crippen LogP contribution in [0.1, 0.15) is 26.3 Å². The van der Waals surface area contributed by atoms with Crippen molar-refractivity contribution in [3.05, 3.63) is 76.1 Å². The summed E-state index contributed by atoms with van der Waals surface area (Å²) >= 11 is 6.32. The summed E-state index contributed by atoms with van der Waals surface area (Å²) < 4.78 is 14.2. The lowest BCUT2D eigenvalue weighted by atomic mass is 10.0. The molecule has 0 atom stereocenters. The molecule has 0 saturated carbocycles. The summed E-state index contributed by atoms with van der Waals surface area (Å²) in [6, 6.07) is 14.5. The molecule has 3 N–H and O–H groups in total. The molecule has 7 nitrogen and oxygen atoms in total. The molecule has 3 aromatic carbocycles. The molecule has 0 aliphatic carbocycles. The van der Waals surface area contributed by atoms with Crippen LogP contribution in [0.5, 0.6) is 0 Å². The second-order valence-corrected chi connectivity index (χ2v) is 9.90. The SMILES string of the molecule is Cc1c(F)c(N)cc(C(=O)Nc2cc(-c3ccc(C(=O)N(C)C)cc3)ccc2N2CCN(C)CC2)c1Cl. The predicted molar refractivity (Wildman–Crippen MR) is 148 cm³/mol. The highest BCUT2D eigenvalue weighted by molar-refractivity contribution is 6.35. The van der Waals surface area contributed by atoms with Gasteiger partial charge < -0.3 is 25.8 Å². The minimum Gasteiger partial charge on any atom is -0.396 e. The Bertz CT molecular complexity index is 1340. The summed E-state index contributed by atoms with van der Waals surface area (Å²) in [5, 5.41) is 3.02. The fraction of sp³-hybridized carbons (Fsp3) is 0.286. The van der Waals surface area contributed by atoms with Gasteiger partial charge >= 0.3 is 0 Å². The molecule has 0 unspecified atom stereocenters. The van der Waals surface area contributed by atoms with Gasteiger partial charge in [0, 0.05) is 51.4 Å². The Morgan fingerprint density at radius 3 is 2.24 bits per heavy atom. The number of likely N-dealkylation sites (N-methyl/N-ethyl adjacent to an activating group) is 1. The molecule has 4 rings (SSSR count). The Labute approximate surface area is 221 Å². The molecule has 3 aromatic rings. The number of anilines is 3. The summed E-state index contributed by atoms with van der Waals surface area (Å²) in [6.45, 7) is 4.91. The van der Waals surface area contributed by atoms with E-state index in [1.807, 2.05) is 30.3 Å². The first-order valence-electron chi connectivity index (χ1n) is 12.0. The molecule has 1 aliphatic rings. The van der Waals surface area contributed by atoms with Crippen LogP contribution in [-0.2, 0) is 0 Å². The third-order valence-corrected chi connectivity index (χ3v) is 7.14. The van der Waals surface area contributed by atoms with E-state index in [1.54, 1.807) is 26.2 Å². The first kappa shape index (κ1) is 26.4. The second-order valence-electron chi connectivity index (χ2n) is 9.52. The molecule has 194 valence electrons. The van der Waals surface area contributed by atoms with Crippen molar-refractivity contribution in [1.82, 2.24) is 9.80 Å². The number of nitrogens with two attached hydrogens (primary N) is 1. The maximum absolute atomic E-state index is 14.2. The van der Waals surface area contributed by atoms with Gasteiger partial charge in [0.05, 0.1) is 27.6 Å². The zero-order chi connectivity index (χ0) is 26.9. The zero-order valence-corrected chi connectivity index (χ0v) is 22.2. The van der Waals surface area contributed by atoms with E-state index in [4.69, 9.17) is 17.3 Å². The molecular weight excluding hydrogens is 493 g/mol. The fourth-order valence-electron chi connectivity index (χ4n) is 4.35. The van der Waals surface area contributed by atoms with Crippen LogP contribution in [0.15, 0.2) is 48.5 Å². The van der Waals surface area contributed by atoms with E-state index >= 15 is 0 Å². The third kappa shape index (κ3) is 5.55. The minimum absolute atomic E-state index is 0.0302. The number of nitrogens with one attached hydrogen (secondary N) is 1. The normalized spacial score (nSPS) is 13.9. The van der Waals surface area contributed by atoms with Gasteiger partial charge in [-0.2, -0.15) is 0 Å². The summed E-state index contributed by atoms with van der Waals surface area (Å²) in [6.07, 6.45) is 0. The van der Waals surface area contributed by atoms with Crippen LogP contribution in [-0.4, -0.2) is 68.9 Å². The molecular formula is C28H31ClFN5O2. The van der Waals surface area contributed by atoms with E-state index in [0.717, 1.165) is 43.0 Å². The Balaban J connectivity index is 1.71. The average molecular weight is 524 g/mol. The summed E-state index contributed by atoms with van der Waals surface area (Å²) in [5.41, 5.74) is 9.75. The van der Waals surface area contributed by atoms with E-state index in [-0.39, 0.29) is 27.7 Å². The highest BCUT2D eigenvalue weighted by atomic mass is 35.5. The number of carbonyl (C=O) groups is 2. The number of nitrogen functional groups attached to an aromatic ring is 1. The lowest BCUT2D eigenvalue weighted by Crippen LogP contribution is -2.44. The summed E-state index contributed by atoms with van der Waals surface area (Å²) in [5.74, 6) is -1.17. The Morgan fingerprint density at radius 1 is 1.00 bits per heavy atom. The van der Waals surface area contributed by atoms with Gasteiger partial charge in [-0.25, -0.2) is 4.39 Å². The number of benzene rings is 3. The number of nitrogens with zero attached hydrogens (tertiary/aromatic N) is 3. The largest absolute Gasteiger partial charge is 0.396 e. The topological polar surface area (TPSA) is 81.9 Å². The average Bonchev–Trinajstić information content (AvgIpc) is 2.89. The van der Waals surface area contributed by atoms with Gasteiger partial charge in [0.1, 0.15) is 0 Å². The predicted octanol–water partition coefficient (Wildman–Crippen LogP) is 4.74. The lowest BCUT2D eigenvalue weighted by Gasteiger charge is -2.35. The molecule has 0 bridgehead atoms. The van der Waals surface area contributed by atoms with Gasteiger partial charge in [-0.1, -0.05) is 29.8 Å². The van der Waals surface area contributed by atoms with Gasteiger partial charge in [-0.05, 0) is 55.4 Å². The molecule has 1 saturated heterocycles. The van der Waals surface area contributed by atoms with Crippen LogP contribution in [0.2, 0.25) is 5.02 Å². The number of hydrogen-bond acceptors (Lipinski definition) is 5. The zero-order valence-electron chi connectivity index (χ0n) is 21.4. The van der Waals surface area contributed by atoms with Crippen LogP contribution in [0, 0.1) is 12.7 Å². The molecule has 2 amide bonds. The quantitative estimate of drug-likeness (QED) is 0.472. The smallest absolute Gasteiger partial charge is 0.257 e. The summed E-state index contributed by atoms with van der Waals surface area (Å²) in [7, 11) is 5.51. The summed E-state index contributed by atoms with van der Waals surface area (Å²) in [4.78, 5) is 31.6. The van der Waals surface area contributed by atoms with Gasteiger partial charge in [-0.3, -0.25) is 9.59 Å². The molecule has 0 aromatic heterocycles. The van der Waals surface area contributed by atoms with Crippen molar-refractivity contribution in [2.75, 3.05) is 63.3 Å². The number of rotatable bonds is 5. The molecule has 0 spiro atoms. The second kappa shape index (κ2) is 10.8. The standard InChI is InChI=1S/C28H31ClFN5O2/c1-17-25(29)21(16-22(31)26(17)30)27(36)32-23-15-20(9-10-24(23)35-13-11-34(4)12-14-35)18-5-7-19(8-6-18)28(37)33(2)3/h5-10,15-16H,11-14,31H2,1-4H3,(H,32,36). The number of halogens is 2. The van der Waals surface area contributed by atoms with Crippen LogP contribution < -0.4 is 16.0 Å². The van der Waals surface area contributed by atoms with E-state index < -0.39 is 11.7 Å². The van der Waals surface area contributed by atoms with E-state index in [0.29, 0.717) is 11.3 Å². The molecule has 37 heavy (non-hydrogen) atoms. The maximum atomic E-state index is 14.2. The molecule has 1 heterocycles. The molecule has 1 fully saturated rings. The van der Waals surface area contributed by atoms with Gasteiger partial charge in [0.2, 0.25) is 0 Å². The first-order chi connectivity index (χ1) is 17.6. The number of carbonyl (C=O) groups excluding carboxylic acids is 2. The number of amides is 2. The minimum atomic E-state index is -0.627. The Kier molecular flexibility index (Phi) is 7.71. The van der Waals surface area contributed by atoms with Crippen molar-refractivity contribution in [3.8, 4) is 11.1 Å². The van der Waals surface area contributed by atoms with E-state index in [9.17, 15) is 14.0 Å². The highest BCUT2D eigenvalue weighted by Crippen LogP contribution is 2.34. The third-order valence-electron chi connectivity index (χ3n) is 6.65. The van der Waals surface area contributed by atoms with Crippen LogP contribution in [0.4, 0.5) is 21.5 Å². The van der Waals surface area contributed by atoms with Crippen molar-refractivity contribution >= 4 is 40.5 Å². The van der Waals surface area contributed by atoms with Crippen molar-refractivity contribution in [1.29, 1.82) is 0 Å². The van der Waals surface area contributed by atoms with Crippen LogP contribution in [0.3, 0.4) is 0 Å². The Hall–Kier alpha value is -3.62. The van der Waals surface area contributed by atoms with Crippen LogP contribution in [0.25, 0.3) is 11.1 Å². The van der Waals surface area contributed by atoms with Crippen molar-refractivity contribution in [2.45, 2.75) is 6.92 Å². The van der Waals surface area contributed by atoms with Gasteiger partial charge in [0.25, 0.3) is 11.8 Å². The monoisotopic (exact) mass is 523 g/mol. The maximum Gasteiger partial charge on any atom is 0.257 e. The highest BCUT2D eigenvalue weighted by Gasteiger charge is 2.22. The number of hydrogen-bond donors (Lipinski definition) is 2. The Morgan fingerprint density at radius 2 is 1.62 bits per heavy atom. The van der Waals surface area contributed by atoms with Crippen molar-refractivity contribution in [2.24, 2.45) is 0 Å². The van der Waals surface area contributed by atoms with Gasteiger partial charge in [-0.15, -0.1) is 0 Å². The fourth-order valence-corrected chi connectivity index (χ4v) is 4.58. The van der Waals surface area contributed by atoms with Crippen molar-refractivity contribution < 1.29 is 14.0 Å². The van der Waals surface area contributed by atoms with Crippen molar-refractivity contribution in [3.63, 3.8) is 0 Å². The van der Waals surface area contributed by atoms with Crippen LogP contribution >= 0.6 is 11.6 Å². The van der Waals surface area contributed by atoms with E-state index in [1.165, 1.54) is 17.9 Å². The molecule has 1 aliphatic heterocycles. The van der Waals surface area contributed by atoms with Gasteiger partial charge in [0.15, 0.2) is 5.82 Å². The van der Waals surface area contributed by atoms with E-state index in [2.05, 4.69) is 22.2 Å². The molecule has 9 heteroatoms. The molecule has 0 radical (unpaired) electrons. The first-order valence-corrected chi connectivity index (χ1v) is 12.4. The lowest BCUT2D eigenvalue weighted by molar-refractivity contribution is 0.0827.